The summed E-state index contributed by atoms with van der Waals surface area (Å²) in [6.07, 6.45) is 0. The van der Waals surface area contributed by atoms with Crippen LogP contribution in [-0.2, 0) is 0 Å². The highest BCUT2D eigenvalue weighted by Gasteiger charge is 1.98. The van der Waals surface area contributed by atoms with E-state index < -0.39 is 5.97 Å². The highest BCUT2D eigenvalue weighted by molar-refractivity contribution is 5.87. The summed E-state index contributed by atoms with van der Waals surface area (Å²) < 4.78 is 0. The molecule has 0 aromatic heterocycles. The second-order valence-corrected chi connectivity index (χ2v) is 1.93. The highest BCUT2D eigenvalue weighted by atomic mass is 16.4. The normalized spacial score (nSPS) is 8.17. The van der Waals surface area contributed by atoms with Gasteiger partial charge in [0.2, 0.25) is 0 Å². The van der Waals surface area contributed by atoms with E-state index >= 15 is 0 Å². The number of rotatable bonds is 1. The molecule has 0 unspecified atom stereocenters. The summed E-state index contributed by atoms with van der Waals surface area (Å²) >= 11 is 0. The zero-order chi connectivity index (χ0) is 9.56. The van der Waals surface area contributed by atoms with E-state index in [-0.39, 0.29) is 5.56 Å². The summed E-state index contributed by atoms with van der Waals surface area (Å²) in [5.41, 5.74) is 6.17. The fourth-order valence-electron chi connectivity index (χ4n) is 0.626. The van der Waals surface area contributed by atoms with Crippen molar-refractivity contribution in [3.63, 3.8) is 0 Å². The molecule has 0 radical (unpaired) electrons. The average Bonchev–Trinajstić information content (AvgIpc) is 2.09. The van der Waals surface area contributed by atoms with Crippen LogP contribution in [0, 0.1) is 0 Å². The lowest BCUT2D eigenvalue weighted by atomic mass is 10.2. The number of aromatic carboxylic acids is 1. The lowest BCUT2D eigenvalue weighted by molar-refractivity contribution is 0.0697. The molecule has 3 N–H and O–H groups in total. The Morgan fingerprint density at radius 3 is 2.00 bits per heavy atom. The van der Waals surface area contributed by atoms with E-state index in [1.165, 1.54) is 12.1 Å². The molecular formula is C9H13NO2. The number of carboxylic acids is 1. The van der Waals surface area contributed by atoms with Crippen molar-refractivity contribution < 1.29 is 9.90 Å². The number of hydrogen-bond acceptors (Lipinski definition) is 2. The molecule has 0 heterocycles. The van der Waals surface area contributed by atoms with Crippen molar-refractivity contribution in [2.24, 2.45) is 0 Å². The Kier molecular flexibility index (Phi) is 4.53. The molecule has 3 nitrogen and oxygen atoms in total. The van der Waals surface area contributed by atoms with Gasteiger partial charge in [-0.05, 0) is 24.3 Å². The molecule has 0 aliphatic heterocycles. The maximum Gasteiger partial charge on any atom is 0.335 e. The Bertz CT molecular complexity index is 241. The van der Waals surface area contributed by atoms with Crippen LogP contribution in [0.3, 0.4) is 0 Å². The van der Waals surface area contributed by atoms with Gasteiger partial charge in [0.25, 0.3) is 0 Å². The molecule has 0 spiro atoms. The van der Waals surface area contributed by atoms with Gasteiger partial charge in [-0.3, -0.25) is 0 Å². The Morgan fingerprint density at radius 1 is 1.25 bits per heavy atom. The molecule has 3 heteroatoms. The van der Waals surface area contributed by atoms with Crippen LogP contribution in [0.2, 0.25) is 0 Å². The molecule has 66 valence electrons. The molecule has 0 bridgehead atoms. The van der Waals surface area contributed by atoms with E-state index in [2.05, 4.69) is 0 Å². The minimum absolute atomic E-state index is 0.259. The minimum atomic E-state index is -0.931. The third-order valence-electron chi connectivity index (χ3n) is 1.16. The van der Waals surface area contributed by atoms with Gasteiger partial charge in [0.1, 0.15) is 0 Å². The van der Waals surface area contributed by atoms with Gasteiger partial charge in [-0.25, -0.2) is 4.79 Å². The van der Waals surface area contributed by atoms with E-state index in [1.807, 2.05) is 13.8 Å². The van der Waals surface area contributed by atoms with Gasteiger partial charge in [-0.15, -0.1) is 0 Å². The number of hydrogen-bond donors (Lipinski definition) is 2. The first kappa shape index (κ1) is 10.5. The molecule has 0 saturated carbocycles. The maximum atomic E-state index is 10.3. The van der Waals surface area contributed by atoms with E-state index in [4.69, 9.17) is 10.8 Å². The van der Waals surface area contributed by atoms with Crippen LogP contribution < -0.4 is 5.73 Å². The first-order chi connectivity index (χ1) is 5.70. The summed E-state index contributed by atoms with van der Waals surface area (Å²) in [6.45, 7) is 4.00. The number of benzene rings is 1. The van der Waals surface area contributed by atoms with Crippen molar-refractivity contribution in [2.75, 3.05) is 5.73 Å². The summed E-state index contributed by atoms with van der Waals surface area (Å²) in [6, 6.07) is 6.06. The van der Waals surface area contributed by atoms with E-state index in [0.29, 0.717) is 5.69 Å². The standard InChI is InChI=1S/C7H7NO2.C2H6/c8-6-3-1-5(2-4-6)7(9)10;1-2/h1-4H,8H2,(H,9,10);1-2H3. The van der Waals surface area contributed by atoms with Gasteiger partial charge < -0.3 is 10.8 Å². The third-order valence-corrected chi connectivity index (χ3v) is 1.16. The van der Waals surface area contributed by atoms with Crippen LogP contribution >= 0.6 is 0 Å². The fraction of sp³-hybridized carbons (Fsp3) is 0.222. The van der Waals surface area contributed by atoms with Crippen LogP contribution in [0.1, 0.15) is 24.2 Å². The lowest BCUT2D eigenvalue weighted by Crippen LogP contribution is -1.95. The molecular weight excluding hydrogens is 154 g/mol. The number of carboxylic acid groups (broad SMARTS) is 1. The summed E-state index contributed by atoms with van der Waals surface area (Å²) in [5, 5.41) is 8.43. The van der Waals surface area contributed by atoms with Crippen LogP contribution in [0.15, 0.2) is 24.3 Å². The van der Waals surface area contributed by atoms with Gasteiger partial charge >= 0.3 is 5.97 Å². The molecule has 0 fully saturated rings. The first-order valence-corrected chi connectivity index (χ1v) is 3.79. The molecule has 0 aliphatic rings. The third kappa shape index (κ3) is 3.05. The maximum absolute atomic E-state index is 10.3. The van der Waals surface area contributed by atoms with E-state index in [9.17, 15) is 4.79 Å². The van der Waals surface area contributed by atoms with Crippen LogP contribution in [0.5, 0.6) is 0 Å². The van der Waals surface area contributed by atoms with E-state index in [0.717, 1.165) is 0 Å². The largest absolute Gasteiger partial charge is 0.478 e. The quantitative estimate of drug-likeness (QED) is 0.629. The van der Waals surface area contributed by atoms with Crippen LogP contribution in [0.4, 0.5) is 5.69 Å². The van der Waals surface area contributed by atoms with Gasteiger partial charge in [0.15, 0.2) is 0 Å². The minimum Gasteiger partial charge on any atom is -0.478 e. The summed E-state index contributed by atoms with van der Waals surface area (Å²) in [4.78, 5) is 10.3. The molecule has 1 aromatic carbocycles. The zero-order valence-corrected chi connectivity index (χ0v) is 7.24. The summed E-state index contributed by atoms with van der Waals surface area (Å²) in [5.74, 6) is -0.931. The Hall–Kier alpha value is -1.51. The highest BCUT2D eigenvalue weighted by Crippen LogP contribution is 2.04. The topological polar surface area (TPSA) is 63.3 Å². The predicted molar refractivity (Wildman–Crippen MR) is 49.2 cm³/mol. The Balaban J connectivity index is 0.000000561. The second kappa shape index (κ2) is 5.18. The second-order valence-electron chi connectivity index (χ2n) is 1.93. The molecule has 12 heavy (non-hydrogen) atoms. The summed E-state index contributed by atoms with van der Waals surface area (Å²) in [7, 11) is 0. The van der Waals surface area contributed by atoms with Crippen molar-refractivity contribution in [2.45, 2.75) is 13.8 Å². The van der Waals surface area contributed by atoms with Crippen molar-refractivity contribution >= 4 is 11.7 Å². The molecule has 1 aromatic rings. The SMILES string of the molecule is CC.Nc1ccc(C(=O)O)cc1. The molecule has 0 atom stereocenters. The van der Waals surface area contributed by atoms with Crippen LogP contribution in [-0.4, -0.2) is 11.1 Å². The van der Waals surface area contributed by atoms with Gasteiger partial charge in [0, 0.05) is 5.69 Å². The Labute approximate surface area is 71.8 Å². The number of carbonyl (C=O) groups is 1. The molecule has 0 amide bonds. The van der Waals surface area contributed by atoms with Gasteiger partial charge in [0.05, 0.1) is 5.56 Å². The fourth-order valence-corrected chi connectivity index (χ4v) is 0.626. The number of anilines is 1. The van der Waals surface area contributed by atoms with Crippen molar-refractivity contribution in [3.8, 4) is 0 Å². The van der Waals surface area contributed by atoms with Gasteiger partial charge in [-0.2, -0.15) is 0 Å². The number of nitrogens with two attached hydrogens (primary N) is 1. The predicted octanol–water partition coefficient (Wildman–Crippen LogP) is 1.99. The smallest absolute Gasteiger partial charge is 0.335 e. The lowest BCUT2D eigenvalue weighted by Gasteiger charge is -1.93. The molecule has 0 saturated heterocycles. The van der Waals surface area contributed by atoms with Gasteiger partial charge in [-0.1, -0.05) is 13.8 Å². The van der Waals surface area contributed by atoms with Crippen molar-refractivity contribution in [1.29, 1.82) is 0 Å². The van der Waals surface area contributed by atoms with E-state index in [1.54, 1.807) is 12.1 Å². The zero-order valence-electron chi connectivity index (χ0n) is 7.24. The van der Waals surface area contributed by atoms with Crippen molar-refractivity contribution in [3.05, 3.63) is 29.8 Å². The van der Waals surface area contributed by atoms with Crippen LogP contribution in [0.25, 0.3) is 0 Å². The average molecular weight is 167 g/mol. The first-order valence-electron chi connectivity index (χ1n) is 3.79. The monoisotopic (exact) mass is 167 g/mol. The van der Waals surface area contributed by atoms with Crippen molar-refractivity contribution in [1.82, 2.24) is 0 Å². The molecule has 1 rings (SSSR count). The Morgan fingerprint density at radius 2 is 1.67 bits per heavy atom. The number of nitrogen functional groups attached to an aromatic ring is 1. The molecule has 0 aliphatic carbocycles.